The highest BCUT2D eigenvalue weighted by molar-refractivity contribution is 4.91. The summed E-state index contributed by atoms with van der Waals surface area (Å²) in [6.45, 7) is 9.55. The lowest BCUT2D eigenvalue weighted by Crippen LogP contribution is -2.52. The van der Waals surface area contributed by atoms with Crippen LogP contribution < -0.4 is 5.73 Å². The van der Waals surface area contributed by atoms with Crippen LogP contribution in [0.15, 0.2) is 0 Å². The summed E-state index contributed by atoms with van der Waals surface area (Å²) in [6.07, 6.45) is 4.87. The third-order valence-corrected chi connectivity index (χ3v) is 4.39. The Hall–Kier alpha value is -0.120. The van der Waals surface area contributed by atoms with Gasteiger partial charge < -0.3 is 10.5 Å². The number of rotatable bonds is 9. The Morgan fingerprint density at radius 1 is 1.35 bits per heavy atom. The van der Waals surface area contributed by atoms with Gasteiger partial charge >= 0.3 is 0 Å². The molecule has 1 aliphatic rings. The first-order chi connectivity index (χ1) is 8.06. The average molecular weight is 242 g/mol. The first kappa shape index (κ1) is 14.9. The van der Waals surface area contributed by atoms with Crippen LogP contribution in [-0.4, -0.2) is 43.3 Å². The molecular formula is C14H30N2O. The molecule has 0 bridgehead atoms. The van der Waals surface area contributed by atoms with Gasteiger partial charge in [0.2, 0.25) is 0 Å². The van der Waals surface area contributed by atoms with E-state index < -0.39 is 0 Å². The number of ether oxygens (including phenoxy) is 1. The normalized spacial score (nSPS) is 18.7. The second-order valence-corrected chi connectivity index (χ2v) is 5.61. The van der Waals surface area contributed by atoms with Crippen molar-refractivity contribution in [1.82, 2.24) is 4.90 Å². The van der Waals surface area contributed by atoms with Gasteiger partial charge in [-0.2, -0.15) is 0 Å². The van der Waals surface area contributed by atoms with Crippen LogP contribution in [0.5, 0.6) is 0 Å². The fraction of sp³-hybridized carbons (Fsp3) is 1.00. The molecule has 0 aromatic heterocycles. The maximum atomic E-state index is 6.45. The zero-order chi connectivity index (χ0) is 12.9. The Labute approximate surface area is 107 Å². The highest BCUT2D eigenvalue weighted by Crippen LogP contribution is 2.35. The fourth-order valence-electron chi connectivity index (χ4n) is 2.39. The van der Waals surface area contributed by atoms with Crippen molar-refractivity contribution in [3.63, 3.8) is 0 Å². The minimum absolute atomic E-state index is 0.0309. The second kappa shape index (κ2) is 6.72. The maximum absolute atomic E-state index is 6.45. The van der Waals surface area contributed by atoms with Crippen molar-refractivity contribution in [3.8, 4) is 0 Å². The summed E-state index contributed by atoms with van der Waals surface area (Å²) in [4.78, 5) is 2.54. The lowest BCUT2D eigenvalue weighted by molar-refractivity contribution is 0.0936. The molecule has 1 saturated carbocycles. The van der Waals surface area contributed by atoms with E-state index >= 15 is 0 Å². The predicted molar refractivity (Wildman–Crippen MR) is 73.1 cm³/mol. The van der Waals surface area contributed by atoms with E-state index in [9.17, 15) is 0 Å². The monoisotopic (exact) mass is 242 g/mol. The molecule has 1 aliphatic carbocycles. The molecule has 102 valence electrons. The van der Waals surface area contributed by atoms with Crippen LogP contribution in [0.4, 0.5) is 0 Å². The summed E-state index contributed by atoms with van der Waals surface area (Å²) < 4.78 is 5.22. The van der Waals surface area contributed by atoms with E-state index in [4.69, 9.17) is 10.5 Å². The van der Waals surface area contributed by atoms with Crippen molar-refractivity contribution in [1.29, 1.82) is 0 Å². The zero-order valence-corrected chi connectivity index (χ0v) is 12.0. The lowest BCUT2D eigenvalue weighted by atomic mass is 9.92. The average Bonchev–Trinajstić information content (AvgIpc) is 3.17. The molecule has 0 aromatic rings. The standard InChI is InChI=1S/C14H30N2O/c1-5-14(15,6-2)11-16(9-10-17-4)12(3)13-7-8-13/h12-13H,5-11,15H2,1-4H3. The highest BCUT2D eigenvalue weighted by Gasteiger charge is 2.34. The molecular weight excluding hydrogens is 212 g/mol. The predicted octanol–water partition coefficient (Wildman–Crippen LogP) is 2.25. The summed E-state index contributed by atoms with van der Waals surface area (Å²) in [7, 11) is 1.77. The van der Waals surface area contributed by atoms with Gasteiger partial charge in [-0.15, -0.1) is 0 Å². The molecule has 0 aromatic carbocycles. The van der Waals surface area contributed by atoms with Gasteiger partial charge in [0, 0.05) is 31.8 Å². The smallest absolute Gasteiger partial charge is 0.0589 e. The van der Waals surface area contributed by atoms with E-state index in [1.54, 1.807) is 7.11 Å². The Balaban J connectivity index is 2.54. The largest absolute Gasteiger partial charge is 0.383 e. The molecule has 1 fully saturated rings. The van der Waals surface area contributed by atoms with Crippen LogP contribution in [0.1, 0.15) is 46.5 Å². The van der Waals surface area contributed by atoms with Crippen molar-refractivity contribution < 1.29 is 4.74 Å². The van der Waals surface area contributed by atoms with Gasteiger partial charge in [-0.1, -0.05) is 13.8 Å². The Kier molecular flexibility index (Phi) is 5.90. The van der Waals surface area contributed by atoms with Crippen molar-refractivity contribution in [3.05, 3.63) is 0 Å². The SMILES string of the molecule is CCC(N)(CC)CN(CCOC)C(C)C1CC1. The third kappa shape index (κ3) is 4.57. The van der Waals surface area contributed by atoms with Crippen LogP contribution >= 0.6 is 0 Å². The molecule has 0 amide bonds. The minimum Gasteiger partial charge on any atom is -0.383 e. The van der Waals surface area contributed by atoms with E-state index in [-0.39, 0.29) is 5.54 Å². The highest BCUT2D eigenvalue weighted by atomic mass is 16.5. The second-order valence-electron chi connectivity index (χ2n) is 5.61. The Morgan fingerprint density at radius 3 is 2.35 bits per heavy atom. The number of methoxy groups -OCH3 is 1. The van der Waals surface area contributed by atoms with E-state index in [0.29, 0.717) is 6.04 Å². The van der Waals surface area contributed by atoms with Crippen LogP contribution in [0.2, 0.25) is 0 Å². The molecule has 0 radical (unpaired) electrons. The van der Waals surface area contributed by atoms with Crippen LogP contribution in [-0.2, 0) is 4.74 Å². The lowest BCUT2D eigenvalue weighted by Gasteiger charge is -2.37. The molecule has 1 rings (SSSR count). The van der Waals surface area contributed by atoms with Gasteiger partial charge in [-0.05, 0) is 38.5 Å². The van der Waals surface area contributed by atoms with E-state index in [1.807, 2.05) is 0 Å². The molecule has 2 N–H and O–H groups in total. The van der Waals surface area contributed by atoms with Gasteiger partial charge in [0.25, 0.3) is 0 Å². The number of nitrogens with two attached hydrogens (primary N) is 1. The maximum Gasteiger partial charge on any atom is 0.0589 e. The van der Waals surface area contributed by atoms with Crippen LogP contribution in [0.3, 0.4) is 0 Å². The minimum atomic E-state index is -0.0309. The molecule has 1 atom stereocenters. The van der Waals surface area contributed by atoms with E-state index in [1.165, 1.54) is 12.8 Å². The van der Waals surface area contributed by atoms with Crippen LogP contribution in [0, 0.1) is 5.92 Å². The first-order valence-electron chi connectivity index (χ1n) is 7.08. The zero-order valence-electron chi connectivity index (χ0n) is 12.0. The molecule has 1 unspecified atom stereocenters. The molecule has 17 heavy (non-hydrogen) atoms. The third-order valence-electron chi connectivity index (χ3n) is 4.39. The quantitative estimate of drug-likeness (QED) is 0.674. The summed E-state index contributed by atoms with van der Waals surface area (Å²) in [5, 5.41) is 0. The van der Waals surface area contributed by atoms with Crippen molar-refractivity contribution in [2.24, 2.45) is 11.7 Å². The number of hydrogen-bond donors (Lipinski definition) is 1. The summed E-state index contributed by atoms with van der Waals surface area (Å²) >= 11 is 0. The Morgan fingerprint density at radius 2 is 1.94 bits per heavy atom. The summed E-state index contributed by atoms with van der Waals surface area (Å²) in [5.41, 5.74) is 6.41. The molecule has 3 heteroatoms. The Bertz CT molecular complexity index is 212. The molecule has 0 spiro atoms. The number of hydrogen-bond acceptors (Lipinski definition) is 3. The topological polar surface area (TPSA) is 38.5 Å². The first-order valence-corrected chi connectivity index (χ1v) is 7.08. The van der Waals surface area contributed by atoms with E-state index in [2.05, 4.69) is 25.7 Å². The fourth-order valence-corrected chi connectivity index (χ4v) is 2.39. The van der Waals surface area contributed by atoms with Crippen LogP contribution in [0.25, 0.3) is 0 Å². The van der Waals surface area contributed by atoms with E-state index in [0.717, 1.165) is 38.5 Å². The van der Waals surface area contributed by atoms with Crippen molar-refractivity contribution >= 4 is 0 Å². The molecule has 0 heterocycles. The van der Waals surface area contributed by atoms with Gasteiger partial charge in [0.1, 0.15) is 0 Å². The van der Waals surface area contributed by atoms with Gasteiger partial charge in [-0.3, -0.25) is 4.90 Å². The molecule has 0 saturated heterocycles. The van der Waals surface area contributed by atoms with Gasteiger partial charge in [-0.25, -0.2) is 0 Å². The van der Waals surface area contributed by atoms with Crippen molar-refractivity contribution in [2.75, 3.05) is 26.8 Å². The number of nitrogens with zero attached hydrogens (tertiary/aromatic N) is 1. The molecule has 0 aliphatic heterocycles. The molecule has 3 nitrogen and oxygen atoms in total. The van der Waals surface area contributed by atoms with Gasteiger partial charge in [0.05, 0.1) is 6.61 Å². The summed E-state index contributed by atoms with van der Waals surface area (Å²) in [5.74, 6) is 0.893. The summed E-state index contributed by atoms with van der Waals surface area (Å²) in [6, 6.07) is 0.658. The van der Waals surface area contributed by atoms with Gasteiger partial charge in [0.15, 0.2) is 0 Å². The van der Waals surface area contributed by atoms with Crippen molar-refractivity contribution in [2.45, 2.75) is 58.0 Å².